The molecule has 1 unspecified atom stereocenters. The molecule has 0 aliphatic carbocycles. The second-order valence-electron chi connectivity index (χ2n) is 4.54. The van der Waals surface area contributed by atoms with Gasteiger partial charge in [0.05, 0.1) is 5.56 Å². The van der Waals surface area contributed by atoms with Crippen LogP contribution in [0.25, 0.3) is 0 Å². The Morgan fingerprint density at radius 3 is 2.53 bits per heavy atom. The predicted octanol–water partition coefficient (Wildman–Crippen LogP) is 1.31. The number of rotatable bonds is 3. The Balaban J connectivity index is 2.08. The van der Waals surface area contributed by atoms with Crippen molar-refractivity contribution in [2.45, 2.75) is 13.3 Å². The molecule has 1 heterocycles. The van der Waals surface area contributed by atoms with E-state index in [-0.39, 0.29) is 17.4 Å². The molecule has 1 aromatic carbocycles. The minimum absolute atomic E-state index is 0.00526. The van der Waals surface area contributed by atoms with Crippen molar-refractivity contribution in [1.82, 2.24) is 5.32 Å². The van der Waals surface area contributed by atoms with E-state index in [0.717, 1.165) is 12.1 Å². The maximum atomic E-state index is 11.6. The average molecular weight is 233 g/mol. The highest BCUT2D eigenvalue weighted by Crippen LogP contribution is 2.22. The van der Waals surface area contributed by atoms with Gasteiger partial charge in [-0.25, -0.2) is 4.79 Å². The molecule has 2 N–H and O–H groups in total. The number of hydrogen-bond donors (Lipinski definition) is 2. The van der Waals surface area contributed by atoms with Crippen LogP contribution >= 0.6 is 0 Å². The lowest BCUT2D eigenvalue weighted by Crippen LogP contribution is -2.21. The summed E-state index contributed by atoms with van der Waals surface area (Å²) in [6, 6.07) is 6.72. The smallest absolute Gasteiger partial charge is 0.335 e. The van der Waals surface area contributed by atoms with Crippen LogP contribution in [0.15, 0.2) is 24.3 Å². The highest BCUT2D eigenvalue weighted by molar-refractivity contribution is 5.87. The first kappa shape index (κ1) is 11.6. The van der Waals surface area contributed by atoms with E-state index in [4.69, 9.17) is 5.11 Å². The zero-order valence-electron chi connectivity index (χ0n) is 9.64. The van der Waals surface area contributed by atoms with Crippen LogP contribution in [-0.4, -0.2) is 23.5 Å². The van der Waals surface area contributed by atoms with Gasteiger partial charge in [0.2, 0.25) is 5.91 Å². The van der Waals surface area contributed by atoms with E-state index >= 15 is 0 Å². The van der Waals surface area contributed by atoms with Gasteiger partial charge < -0.3 is 10.4 Å². The molecule has 2 atom stereocenters. The molecule has 1 aromatic rings. The largest absolute Gasteiger partial charge is 0.478 e. The Hall–Kier alpha value is -1.84. The number of amides is 1. The molecule has 1 aliphatic heterocycles. The second kappa shape index (κ2) is 4.57. The van der Waals surface area contributed by atoms with Crippen LogP contribution in [0, 0.1) is 11.8 Å². The highest BCUT2D eigenvalue weighted by atomic mass is 16.4. The van der Waals surface area contributed by atoms with E-state index in [1.54, 1.807) is 24.3 Å². The molecule has 0 aromatic heterocycles. The van der Waals surface area contributed by atoms with E-state index in [1.165, 1.54) is 0 Å². The van der Waals surface area contributed by atoms with Gasteiger partial charge in [0.15, 0.2) is 0 Å². The van der Waals surface area contributed by atoms with Crippen molar-refractivity contribution < 1.29 is 14.7 Å². The third kappa shape index (κ3) is 2.46. The molecule has 1 amide bonds. The van der Waals surface area contributed by atoms with E-state index in [0.29, 0.717) is 12.3 Å². The van der Waals surface area contributed by atoms with Gasteiger partial charge in [0.25, 0.3) is 0 Å². The lowest BCUT2D eigenvalue weighted by molar-refractivity contribution is -0.122. The minimum Gasteiger partial charge on any atom is -0.478 e. The quantitative estimate of drug-likeness (QED) is 0.827. The molecule has 2 rings (SSSR count). The minimum atomic E-state index is -0.927. The fraction of sp³-hybridized carbons (Fsp3) is 0.385. The first-order valence-electron chi connectivity index (χ1n) is 5.68. The van der Waals surface area contributed by atoms with Crippen molar-refractivity contribution in [2.24, 2.45) is 11.8 Å². The fourth-order valence-corrected chi connectivity index (χ4v) is 2.12. The van der Waals surface area contributed by atoms with Crippen molar-refractivity contribution in [2.75, 3.05) is 6.54 Å². The number of carboxylic acid groups (broad SMARTS) is 1. The summed E-state index contributed by atoms with van der Waals surface area (Å²) in [4.78, 5) is 22.3. The SMILES string of the molecule is CC1CNC(=O)[C@@H]1Cc1ccc(C(=O)O)cc1. The van der Waals surface area contributed by atoms with Crippen LogP contribution in [0.4, 0.5) is 0 Å². The molecule has 0 saturated carbocycles. The zero-order chi connectivity index (χ0) is 12.4. The van der Waals surface area contributed by atoms with Crippen molar-refractivity contribution >= 4 is 11.9 Å². The normalized spacial score (nSPS) is 23.5. The average Bonchev–Trinajstić information content (AvgIpc) is 2.61. The molecular formula is C13H15NO3. The molecule has 0 radical (unpaired) electrons. The fourth-order valence-electron chi connectivity index (χ4n) is 2.12. The number of nitrogens with one attached hydrogen (secondary N) is 1. The first-order chi connectivity index (χ1) is 8.08. The van der Waals surface area contributed by atoms with Crippen LogP contribution in [-0.2, 0) is 11.2 Å². The van der Waals surface area contributed by atoms with Gasteiger partial charge in [-0.2, -0.15) is 0 Å². The number of hydrogen-bond acceptors (Lipinski definition) is 2. The standard InChI is InChI=1S/C13H15NO3/c1-8-7-14-12(15)11(8)6-9-2-4-10(5-3-9)13(16)17/h2-5,8,11H,6-7H2,1H3,(H,14,15)(H,16,17)/t8?,11-/m1/s1. The Bertz CT molecular complexity index is 438. The van der Waals surface area contributed by atoms with Crippen molar-refractivity contribution in [3.05, 3.63) is 35.4 Å². The Morgan fingerprint density at radius 2 is 2.06 bits per heavy atom. The summed E-state index contributed by atoms with van der Waals surface area (Å²) in [7, 11) is 0. The molecular weight excluding hydrogens is 218 g/mol. The molecule has 1 saturated heterocycles. The second-order valence-corrected chi connectivity index (χ2v) is 4.54. The van der Waals surface area contributed by atoms with Gasteiger partial charge in [-0.15, -0.1) is 0 Å². The summed E-state index contributed by atoms with van der Waals surface area (Å²) in [5, 5.41) is 11.6. The van der Waals surface area contributed by atoms with E-state index in [2.05, 4.69) is 5.32 Å². The first-order valence-corrected chi connectivity index (χ1v) is 5.68. The summed E-state index contributed by atoms with van der Waals surface area (Å²) >= 11 is 0. The topological polar surface area (TPSA) is 66.4 Å². The third-order valence-corrected chi connectivity index (χ3v) is 3.28. The van der Waals surface area contributed by atoms with Gasteiger partial charge in [-0.1, -0.05) is 19.1 Å². The number of carboxylic acids is 1. The number of carbonyl (C=O) groups is 2. The van der Waals surface area contributed by atoms with Gasteiger partial charge in [-0.3, -0.25) is 4.79 Å². The van der Waals surface area contributed by atoms with E-state index in [1.807, 2.05) is 6.92 Å². The highest BCUT2D eigenvalue weighted by Gasteiger charge is 2.31. The molecule has 4 nitrogen and oxygen atoms in total. The zero-order valence-corrected chi connectivity index (χ0v) is 9.64. The van der Waals surface area contributed by atoms with Gasteiger partial charge >= 0.3 is 5.97 Å². The van der Waals surface area contributed by atoms with Crippen LogP contribution in [0.5, 0.6) is 0 Å². The van der Waals surface area contributed by atoms with Gasteiger partial charge in [-0.05, 0) is 30.0 Å². The summed E-state index contributed by atoms with van der Waals surface area (Å²) in [5.41, 5.74) is 1.28. The van der Waals surface area contributed by atoms with E-state index in [9.17, 15) is 9.59 Å². The molecule has 90 valence electrons. The van der Waals surface area contributed by atoms with Crippen molar-refractivity contribution in [1.29, 1.82) is 0 Å². The van der Waals surface area contributed by atoms with Crippen molar-refractivity contribution in [3.8, 4) is 0 Å². The maximum absolute atomic E-state index is 11.6. The monoisotopic (exact) mass is 233 g/mol. The summed E-state index contributed by atoms with van der Waals surface area (Å²) in [6.07, 6.45) is 0.674. The summed E-state index contributed by atoms with van der Waals surface area (Å²) in [5.74, 6) is -0.490. The van der Waals surface area contributed by atoms with Crippen LogP contribution in [0.3, 0.4) is 0 Å². The molecule has 0 spiro atoms. The molecule has 4 heteroatoms. The van der Waals surface area contributed by atoms with Crippen LogP contribution < -0.4 is 5.32 Å². The lowest BCUT2D eigenvalue weighted by atomic mass is 9.90. The maximum Gasteiger partial charge on any atom is 0.335 e. The number of benzene rings is 1. The Kier molecular flexibility index (Phi) is 3.13. The molecule has 1 aliphatic rings. The van der Waals surface area contributed by atoms with Gasteiger partial charge in [0, 0.05) is 12.5 Å². The van der Waals surface area contributed by atoms with Crippen molar-refractivity contribution in [3.63, 3.8) is 0 Å². The predicted molar refractivity (Wildman–Crippen MR) is 62.8 cm³/mol. The molecule has 0 bridgehead atoms. The number of carbonyl (C=O) groups excluding carboxylic acids is 1. The van der Waals surface area contributed by atoms with Gasteiger partial charge in [0.1, 0.15) is 0 Å². The molecule has 1 fully saturated rings. The number of aromatic carboxylic acids is 1. The Morgan fingerprint density at radius 1 is 1.41 bits per heavy atom. The third-order valence-electron chi connectivity index (χ3n) is 3.28. The van der Waals surface area contributed by atoms with E-state index < -0.39 is 5.97 Å². The summed E-state index contributed by atoms with van der Waals surface area (Å²) < 4.78 is 0. The Labute approximate surface area is 99.6 Å². The van der Waals surface area contributed by atoms with Crippen LogP contribution in [0.1, 0.15) is 22.8 Å². The lowest BCUT2D eigenvalue weighted by Gasteiger charge is -2.11. The molecule has 17 heavy (non-hydrogen) atoms. The summed E-state index contributed by atoms with van der Waals surface area (Å²) in [6.45, 7) is 2.78. The van der Waals surface area contributed by atoms with Crippen LogP contribution in [0.2, 0.25) is 0 Å².